The molecule has 1 aromatic rings. The Morgan fingerprint density at radius 2 is 1.41 bits per heavy atom. The van der Waals surface area contributed by atoms with E-state index in [0.717, 1.165) is 24.2 Å². The number of halogens is 2. The number of rotatable bonds is 1. The molecule has 8 atom stereocenters. The first-order chi connectivity index (χ1) is 24.7. The van der Waals surface area contributed by atoms with Gasteiger partial charge in [0, 0.05) is 5.41 Å². The second-order valence-electron chi connectivity index (χ2n) is 20.3. The predicted molar refractivity (Wildman–Crippen MR) is 218 cm³/mol. The van der Waals surface area contributed by atoms with Crippen molar-refractivity contribution in [1.82, 2.24) is 0 Å². The van der Waals surface area contributed by atoms with Crippen molar-refractivity contribution in [1.29, 1.82) is 0 Å². The van der Waals surface area contributed by atoms with E-state index in [0.29, 0.717) is 40.4 Å². The monoisotopic (exact) mass is 840 g/mol. The van der Waals surface area contributed by atoms with Crippen molar-refractivity contribution in [3.8, 4) is 0 Å². The van der Waals surface area contributed by atoms with Crippen LogP contribution in [0.1, 0.15) is 144 Å². The summed E-state index contributed by atoms with van der Waals surface area (Å²) >= 11 is 1.69. The molecule has 0 N–H and O–H groups in total. The Labute approximate surface area is 358 Å². The summed E-state index contributed by atoms with van der Waals surface area (Å²) in [5, 5.41) is 0. The standard InChI is InChI=1S/C29H37.C16H21.C6H10.2ClH.Zr/c1-16-13-14-25-26-23-12-10-9-11-22(23)15-24(26)27-19(4)17(2)18(3)21(6)29(27,8)28(25,7)20(16)5;1-15(4-2-3-5-15)16-9-12-6-13(10-16)8-14(7-12)11-16;1-2-4-6-5-3-1;;;/h9-14,16-18,20-21H,15H2,1-8H3;2,4-5,12-14H,6-11H2,1H3;1-5H2;2*1H;/q2*-1;;;;+2/p-2. The van der Waals surface area contributed by atoms with Crippen LogP contribution in [-0.2, 0) is 30.7 Å². The molecule has 1 aromatic carbocycles. The maximum atomic E-state index is 3.33. The van der Waals surface area contributed by atoms with Crippen molar-refractivity contribution in [3.05, 3.63) is 94.5 Å². The molecule has 10 aliphatic rings. The Hall–Kier alpha value is -0.877. The average Bonchev–Trinajstić information content (AvgIpc) is 3.74. The minimum absolute atomic E-state index is 0. The first-order valence-corrected chi connectivity index (χ1v) is 22.9. The van der Waals surface area contributed by atoms with Crippen LogP contribution in [0.15, 0.2) is 71.4 Å². The third-order valence-electron chi connectivity index (χ3n) is 18.1. The first-order valence-electron chi connectivity index (χ1n) is 21.7. The summed E-state index contributed by atoms with van der Waals surface area (Å²) in [7, 11) is 0. The molecule has 0 amide bonds. The van der Waals surface area contributed by atoms with Gasteiger partial charge in [-0.05, 0) is 96.3 Å². The van der Waals surface area contributed by atoms with Crippen LogP contribution >= 0.6 is 0 Å². The van der Waals surface area contributed by atoms with E-state index in [9.17, 15) is 0 Å². The molecular formula is C51H68Cl2Zr-2. The Bertz CT molecular complexity index is 1700. The molecule has 0 nitrogen and oxygen atoms in total. The maximum absolute atomic E-state index is 3.33. The fourth-order valence-corrected chi connectivity index (χ4v) is 15.3. The zero-order valence-corrected chi connectivity index (χ0v) is 39.0. The van der Waals surface area contributed by atoms with E-state index in [1.807, 2.05) is 0 Å². The molecule has 54 heavy (non-hydrogen) atoms. The SMILES string of the molecule is CC1(C23CC4CC(CC(C4)C2)C3)C=[C-]C=C1.C[C-]1C2=C3Cc4ccccc4C3=C3C=CC(C)C(C)C3(C)C2(C)C(C)C(C)C1C.[Cl-].[Cl-].[Zr+2]=[C]1CCCCC1. The summed E-state index contributed by atoms with van der Waals surface area (Å²) in [6.45, 7) is 22.6. The molecule has 4 bridgehead atoms. The van der Waals surface area contributed by atoms with Crippen molar-refractivity contribution in [2.24, 2.45) is 69.0 Å². The molecule has 3 heteroatoms. The van der Waals surface area contributed by atoms with Crippen LogP contribution in [0, 0.1) is 81.0 Å². The second-order valence-corrected chi connectivity index (χ2v) is 22.0. The van der Waals surface area contributed by atoms with E-state index in [4.69, 9.17) is 0 Å². The van der Waals surface area contributed by atoms with Crippen molar-refractivity contribution in [2.75, 3.05) is 0 Å². The fourth-order valence-electron chi connectivity index (χ4n) is 14.4. The van der Waals surface area contributed by atoms with Gasteiger partial charge in [-0.15, -0.1) is 6.92 Å². The van der Waals surface area contributed by atoms with Crippen molar-refractivity contribution < 1.29 is 49.0 Å². The van der Waals surface area contributed by atoms with Gasteiger partial charge in [-0.25, -0.2) is 18.1 Å². The summed E-state index contributed by atoms with van der Waals surface area (Å²) in [6.07, 6.45) is 32.8. The Kier molecular flexibility index (Phi) is 12.4. The summed E-state index contributed by atoms with van der Waals surface area (Å²) in [4.78, 5) is 0. The van der Waals surface area contributed by atoms with Gasteiger partial charge in [0.15, 0.2) is 0 Å². The van der Waals surface area contributed by atoms with Gasteiger partial charge in [-0.1, -0.05) is 126 Å². The number of benzene rings is 1. The van der Waals surface area contributed by atoms with Crippen LogP contribution in [0.2, 0.25) is 0 Å². The molecular weight excluding hydrogens is 775 g/mol. The van der Waals surface area contributed by atoms with E-state index in [-0.39, 0.29) is 35.6 Å². The average molecular weight is 843 g/mol. The quantitative estimate of drug-likeness (QED) is 0.258. The molecule has 0 radical (unpaired) electrons. The van der Waals surface area contributed by atoms with E-state index in [2.05, 4.69) is 123 Å². The van der Waals surface area contributed by atoms with Gasteiger partial charge >= 0.3 is 59.5 Å². The number of fused-ring (bicyclic) bond motifs is 6. The van der Waals surface area contributed by atoms with Crippen LogP contribution in [0.3, 0.4) is 0 Å². The third kappa shape index (κ3) is 6.45. The summed E-state index contributed by atoms with van der Waals surface area (Å²) < 4.78 is 1.80. The van der Waals surface area contributed by atoms with Crippen LogP contribution in [-0.4, -0.2) is 3.21 Å². The van der Waals surface area contributed by atoms with E-state index in [1.54, 1.807) is 74.9 Å². The van der Waals surface area contributed by atoms with Gasteiger partial charge in [-0.2, -0.15) is 17.2 Å². The van der Waals surface area contributed by atoms with Crippen LogP contribution in [0.25, 0.3) is 5.57 Å². The molecule has 0 aliphatic heterocycles. The normalized spacial score (nSPS) is 43.2. The Morgan fingerprint density at radius 3 is 1.96 bits per heavy atom. The number of hydrogen-bond donors (Lipinski definition) is 0. The van der Waals surface area contributed by atoms with Gasteiger partial charge in [0.2, 0.25) is 0 Å². The molecule has 0 saturated heterocycles. The zero-order valence-electron chi connectivity index (χ0n) is 35.1. The van der Waals surface area contributed by atoms with Crippen molar-refractivity contribution >= 4 is 8.78 Å². The molecule has 0 spiro atoms. The second kappa shape index (κ2) is 15.7. The van der Waals surface area contributed by atoms with Gasteiger partial charge < -0.3 is 24.8 Å². The first kappa shape index (κ1) is 42.7. The van der Waals surface area contributed by atoms with Gasteiger partial charge in [0.1, 0.15) is 0 Å². The molecule has 8 unspecified atom stereocenters. The summed E-state index contributed by atoms with van der Waals surface area (Å²) in [5.74, 6) is 8.11. The Balaban J connectivity index is 0.000000166. The van der Waals surface area contributed by atoms with Crippen LogP contribution < -0.4 is 24.8 Å². The number of allylic oxidation sites excluding steroid dienone is 10. The van der Waals surface area contributed by atoms with Crippen LogP contribution in [0.5, 0.6) is 0 Å². The van der Waals surface area contributed by atoms with Crippen molar-refractivity contribution in [3.63, 3.8) is 0 Å². The number of hydrogen-bond acceptors (Lipinski definition) is 0. The van der Waals surface area contributed by atoms with Gasteiger partial charge in [-0.3, -0.25) is 6.08 Å². The summed E-state index contributed by atoms with van der Waals surface area (Å²) in [6, 6.07) is 9.18. The molecule has 0 heterocycles. The van der Waals surface area contributed by atoms with Crippen LogP contribution in [0.4, 0.5) is 0 Å². The molecule has 0 aromatic heterocycles. The molecule has 6 fully saturated rings. The Morgan fingerprint density at radius 1 is 0.796 bits per heavy atom. The fraction of sp³-hybridized carbons (Fsp3) is 0.647. The predicted octanol–water partition coefficient (Wildman–Crippen LogP) is 7.49. The molecule has 6 saturated carbocycles. The van der Waals surface area contributed by atoms with Crippen molar-refractivity contribution in [2.45, 2.75) is 139 Å². The van der Waals surface area contributed by atoms with E-state index in [1.165, 1.54) is 62.5 Å². The van der Waals surface area contributed by atoms with E-state index >= 15 is 0 Å². The molecule has 11 rings (SSSR count). The van der Waals surface area contributed by atoms with Gasteiger partial charge in [0.25, 0.3) is 0 Å². The van der Waals surface area contributed by atoms with E-state index < -0.39 is 0 Å². The van der Waals surface area contributed by atoms with Gasteiger partial charge in [0.05, 0.1) is 0 Å². The zero-order chi connectivity index (χ0) is 36.8. The molecule has 10 aliphatic carbocycles. The summed E-state index contributed by atoms with van der Waals surface area (Å²) in [5.41, 5.74) is 10.9. The minimum atomic E-state index is 0. The topological polar surface area (TPSA) is 0 Å². The third-order valence-corrected chi connectivity index (χ3v) is 19.3. The molecule has 292 valence electrons.